The van der Waals surface area contributed by atoms with Crippen LogP contribution >= 0.6 is 0 Å². The number of carbonyl (C=O) groups is 2. The number of nitrogens with one attached hydrogen (secondary N) is 2. The van der Waals surface area contributed by atoms with Crippen molar-refractivity contribution in [3.8, 4) is 17.2 Å². The minimum atomic E-state index is -0.876. The fourth-order valence-corrected chi connectivity index (χ4v) is 3.62. The fraction of sp³-hybridized carbons (Fsp3) is 0.360. The zero-order chi connectivity index (χ0) is 23.8. The lowest BCUT2D eigenvalue weighted by Gasteiger charge is -2.19. The van der Waals surface area contributed by atoms with Crippen molar-refractivity contribution in [3.63, 3.8) is 0 Å². The highest BCUT2D eigenvalue weighted by molar-refractivity contribution is 5.98. The third-order valence-electron chi connectivity index (χ3n) is 5.06. The lowest BCUT2D eigenvalue weighted by Crippen LogP contribution is -2.43. The van der Waals surface area contributed by atoms with Crippen molar-refractivity contribution in [1.29, 1.82) is 0 Å². The second-order valence-electron chi connectivity index (χ2n) is 7.21. The van der Waals surface area contributed by atoms with Crippen LogP contribution in [-0.4, -0.2) is 49.8 Å². The highest BCUT2D eigenvalue weighted by Gasteiger charge is 2.25. The summed E-state index contributed by atoms with van der Waals surface area (Å²) in [5, 5.41) is 3.78. The molecule has 1 amide bonds. The van der Waals surface area contributed by atoms with Crippen molar-refractivity contribution < 1.29 is 28.5 Å². The Morgan fingerprint density at radius 2 is 1.61 bits per heavy atom. The topological polar surface area (TPSA) is 98.9 Å². The standard InChI is InChI=1S/C25H30N2O6/c1-5-31-21-13-16(14-22(32-6-2)23(21)33-7-3)24(28)27-20(25(29)30-4)12-17-15-26-19-11-9-8-10-18(17)19/h8-11,13-15,20,26H,5-7,12H2,1-4H3,(H,27,28)/t20-/m1/s1. The molecule has 1 atom stereocenters. The Bertz CT molecular complexity index is 1080. The smallest absolute Gasteiger partial charge is 0.328 e. The number of esters is 1. The van der Waals surface area contributed by atoms with Gasteiger partial charge in [0.25, 0.3) is 5.91 Å². The molecule has 8 nitrogen and oxygen atoms in total. The molecule has 2 N–H and O–H groups in total. The van der Waals surface area contributed by atoms with Crippen LogP contribution in [0.2, 0.25) is 0 Å². The van der Waals surface area contributed by atoms with Gasteiger partial charge < -0.3 is 29.2 Å². The number of benzene rings is 2. The van der Waals surface area contributed by atoms with Gasteiger partial charge in [0.05, 0.1) is 26.9 Å². The summed E-state index contributed by atoms with van der Waals surface area (Å²) < 4.78 is 22.0. The number of aromatic amines is 1. The van der Waals surface area contributed by atoms with E-state index in [-0.39, 0.29) is 12.0 Å². The number of hydrogen-bond acceptors (Lipinski definition) is 6. The first kappa shape index (κ1) is 24.0. The van der Waals surface area contributed by atoms with E-state index < -0.39 is 17.9 Å². The van der Waals surface area contributed by atoms with E-state index in [1.54, 1.807) is 12.1 Å². The largest absolute Gasteiger partial charge is 0.490 e. The van der Waals surface area contributed by atoms with E-state index in [9.17, 15) is 9.59 Å². The first-order valence-electron chi connectivity index (χ1n) is 11.0. The number of amides is 1. The molecule has 0 unspecified atom stereocenters. The zero-order valence-electron chi connectivity index (χ0n) is 19.4. The van der Waals surface area contributed by atoms with Gasteiger partial charge in [0, 0.05) is 29.1 Å². The highest BCUT2D eigenvalue weighted by Crippen LogP contribution is 2.39. The fourth-order valence-electron chi connectivity index (χ4n) is 3.62. The predicted octanol–water partition coefficient (Wildman–Crippen LogP) is 3.88. The summed E-state index contributed by atoms with van der Waals surface area (Å²) >= 11 is 0. The van der Waals surface area contributed by atoms with Crippen LogP contribution < -0.4 is 19.5 Å². The Kier molecular flexibility index (Phi) is 8.18. The number of hydrogen-bond donors (Lipinski definition) is 2. The molecule has 3 aromatic rings. The Balaban J connectivity index is 1.90. The van der Waals surface area contributed by atoms with Gasteiger partial charge in [-0.2, -0.15) is 0 Å². The van der Waals surface area contributed by atoms with Crippen LogP contribution in [0, 0.1) is 0 Å². The maximum atomic E-state index is 13.2. The molecule has 0 fully saturated rings. The van der Waals surface area contributed by atoms with Gasteiger partial charge in [-0.15, -0.1) is 0 Å². The molecule has 0 aliphatic heterocycles. The number of fused-ring (bicyclic) bond motifs is 1. The molecule has 0 aliphatic rings. The van der Waals surface area contributed by atoms with E-state index in [2.05, 4.69) is 10.3 Å². The van der Waals surface area contributed by atoms with Gasteiger partial charge in [0.1, 0.15) is 6.04 Å². The molecular weight excluding hydrogens is 424 g/mol. The van der Waals surface area contributed by atoms with Gasteiger partial charge >= 0.3 is 5.97 Å². The van der Waals surface area contributed by atoms with E-state index in [4.69, 9.17) is 18.9 Å². The molecule has 8 heteroatoms. The average molecular weight is 455 g/mol. The molecule has 3 rings (SSSR count). The lowest BCUT2D eigenvalue weighted by atomic mass is 10.0. The maximum absolute atomic E-state index is 13.2. The number of para-hydroxylation sites is 1. The van der Waals surface area contributed by atoms with Gasteiger partial charge in [0.15, 0.2) is 11.5 Å². The third-order valence-corrected chi connectivity index (χ3v) is 5.06. The normalized spacial score (nSPS) is 11.6. The van der Waals surface area contributed by atoms with E-state index >= 15 is 0 Å². The van der Waals surface area contributed by atoms with Crippen molar-refractivity contribution in [1.82, 2.24) is 10.3 Å². The predicted molar refractivity (Wildman–Crippen MR) is 125 cm³/mol. The summed E-state index contributed by atoms with van der Waals surface area (Å²) in [4.78, 5) is 28.9. The summed E-state index contributed by atoms with van der Waals surface area (Å²) in [6.07, 6.45) is 2.11. The maximum Gasteiger partial charge on any atom is 0.328 e. The summed E-state index contributed by atoms with van der Waals surface area (Å²) in [6, 6.07) is 10.1. The summed E-state index contributed by atoms with van der Waals surface area (Å²) in [5.74, 6) is 0.272. The second kappa shape index (κ2) is 11.3. The number of methoxy groups -OCH3 is 1. The summed E-state index contributed by atoms with van der Waals surface area (Å²) in [6.45, 7) is 6.75. The number of ether oxygens (including phenoxy) is 4. The summed E-state index contributed by atoms with van der Waals surface area (Å²) in [7, 11) is 1.30. The van der Waals surface area contributed by atoms with E-state index in [0.29, 0.717) is 37.1 Å². The van der Waals surface area contributed by atoms with E-state index in [0.717, 1.165) is 16.5 Å². The van der Waals surface area contributed by atoms with Gasteiger partial charge in [-0.25, -0.2) is 4.79 Å². The molecule has 33 heavy (non-hydrogen) atoms. The molecule has 2 aromatic carbocycles. The van der Waals surface area contributed by atoms with Crippen molar-refractivity contribution in [2.45, 2.75) is 33.2 Å². The Morgan fingerprint density at radius 3 is 2.21 bits per heavy atom. The summed E-state index contributed by atoms with van der Waals surface area (Å²) in [5.41, 5.74) is 2.15. The van der Waals surface area contributed by atoms with E-state index in [1.807, 2.05) is 51.2 Å². The zero-order valence-corrected chi connectivity index (χ0v) is 19.4. The van der Waals surface area contributed by atoms with E-state index in [1.165, 1.54) is 7.11 Å². The average Bonchev–Trinajstić information content (AvgIpc) is 3.23. The molecule has 0 saturated carbocycles. The van der Waals surface area contributed by atoms with Gasteiger partial charge in [-0.3, -0.25) is 4.79 Å². The molecule has 0 radical (unpaired) electrons. The molecule has 0 bridgehead atoms. The number of carbonyl (C=O) groups excluding carboxylic acids is 2. The molecule has 0 saturated heterocycles. The van der Waals surface area contributed by atoms with Gasteiger partial charge in [-0.1, -0.05) is 18.2 Å². The second-order valence-corrected chi connectivity index (χ2v) is 7.21. The minimum absolute atomic E-state index is 0.274. The number of rotatable bonds is 11. The lowest BCUT2D eigenvalue weighted by molar-refractivity contribution is -0.142. The third kappa shape index (κ3) is 5.58. The molecule has 176 valence electrons. The van der Waals surface area contributed by atoms with Crippen molar-refractivity contribution in [2.75, 3.05) is 26.9 Å². The van der Waals surface area contributed by atoms with Crippen molar-refractivity contribution in [2.24, 2.45) is 0 Å². The van der Waals surface area contributed by atoms with Crippen LogP contribution in [0.1, 0.15) is 36.7 Å². The molecule has 0 spiro atoms. The molecular formula is C25H30N2O6. The Morgan fingerprint density at radius 1 is 0.970 bits per heavy atom. The molecule has 0 aliphatic carbocycles. The first-order chi connectivity index (χ1) is 16.0. The van der Waals surface area contributed by atoms with Crippen LogP contribution in [0.5, 0.6) is 17.2 Å². The highest BCUT2D eigenvalue weighted by atomic mass is 16.5. The quantitative estimate of drug-likeness (QED) is 0.427. The van der Waals surface area contributed by atoms with Crippen LogP contribution in [0.15, 0.2) is 42.6 Å². The Hall–Kier alpha value is -3.68. The van der Waals surface area contributed by atoms with Crippen LogP contribution in [0.4, 0.5) is 0 Å². The van der Waals surface area contributed by atoms with Crippen LogP contribution in [0.25, 0.3) is 10.9 Å². The van der Waals surface area contributed by atoms with Crippen molar-refractivity contribution in [3.05, 3.63) is 53.7 Å². The number of aromatic nitrogens is 1. The van der Waals surface area contributed by atoms with Crippen LogP contribution in [-0.2, 0) is 16.0 Å². The monoisotopic (exact) mass is 454 g/mol. The number of H-pyrrole nitrogens is 1. The first-order valence-corrected chi connectivity index (χ1v) is 11.0. The minimum Gasteiger partial charge on any atom is -0.490 e. The van der Waals surface area contributed by atoms with Gasteiger partial charge in [0.2, 0.25) is 5.75 Å². The molecule has 1 aromatic heterocycles. The SMILES string of the molecule is CCOc1cc(C(=O)N[C@H](Cc2c[nH]c3ccccc23)C(=O)OC)cc(OCC)c1OCC. The molecule has 1 heterocycles. The van der Waals surface area contributed by atoms with Gasteiger partial charge in [-0.05, 0) is 44.5 Å². The Labute approximate surface area is 193 Å². The van der Waals surface area contributed by atoms with Crippen LogP contribution in [0.3, 0.4) is 0 Å². The van der Waals surface area contributed by atoms with Crippen molar-refractivity contribution >= 4 is 22.8 Å².